The number of pyridine rings is 1. The molecule has 1 fully saturated rings. The molecule has 6 heteroatoms. The summed E-state index contributed by atoms with van der Waals surface area (Å²) in [5, 5.41) is 4.09. The zero-order valence-electron chi connectivity index (χ0n) is 18.2. The van der Waals surface area contributed by atoms with Crippen LogP contribution in [0.2, 0.25) is 5.02 Å². The number of rotatable bonds is 7. The summed E-state index contributed by atoms with van der Waals surface area (Å²) in [7, 11) is 0. The van der Waals surface area contributed by atoms with E-state index in [1.54, 1.807) is 6.07 Å². The third kappa shape index (κ3) is 5.46. The highest BCUT2D eigenvalue weighted by molar-refractivity contribution is 6.31. The van der Waals surface area contributed by atoms with E-state index >= 15 is 0 Å². The average Bonchev–Trinajstić information content (AvgIpc) is 2.69. The molecule has 2 heterocycles. The van der Waals surface area contributed by atoms with Gasteiger partial charge in [0.15, 0.2) is 5.43 Å². The summed E-state index contributed by atoms with van der Waals surface area (Å²) in [4.78, 5) is 15.7. The number of halogens is 1. The minimum atomic E-state index is 0.0402. The molecule has 30 heavy (non-hydrogen) atoms. The zero-order valence-corrected chi connectivity index (χ0v) is 19.0. The summed E-state index contributed by atoms with van der Waals surface area (Å²) >= 11 is 6.45. The van der Waals surface area contributed by atoms with E-state index in [9.17, 15) is 4.79 Å². The molecule has 0 unspecified atom stereocenters. The van der Waals surface area contributed by atoms with Crippen molar-refractivity contribution in [3.8, 4) is 5.75 Å². The molecule has 2 N–H and O–H groups in total. The van der Waals surface area contributed by atoms with Crippen molar-refractivity contribution < 1.29 is 9.47 Å². The number of hydrogen-bond donors (Lipinski definition) is 2. The van der Waals surface area contributed by atoms with E-state index in [0.717, 1.165) is 72.0 Å². The largest absolute Gasteiger partial charge is 0.490 e. The number of ether oxygens (including phenoxy) is 2. The second-order valence-electron chi connectivity index (χ2n) is 7.81. The van der Waals surface area contributed by atoms with E-state index in [-0.39, 0.29) is 11.5 Å². The second-order valence-corrected chi connectivity index (χ2v) is 8.24. The highest BCUT2D eigenvalue weighted by Crippen LogP contribution is 2.32. The molecule has 1 aromatic heterocycles. The number of aromatic amines is 1. The van der Waals surface area contributed by atoms with Crippen LogP contribution in [0.5, 0.6) is 5.75 Å². The molecule has 0 atom stereocenters. The number of nitrogens with one attached hydrogen (secondary N) is 2. The molecule has 0 saturated carbocycles. The minimum Gasteiger partial charge on any atom is -0.490 e. The summed E-state index contributed by atoms with van der Waals surface area (Å²) in [6.07, 6.45) is 4.88. The Labute approximate surface area is 183 Å². The van der Waals surface area contributed by atoms with Gasteiger partial charge in [-0.15, -0.1) is 0 Å². The van der Waals surface area contributed by atoms with Crippen molar-refractivity contribution in [2.45, 2.75) is 59.6 Å². The first kappa shape index (κ1) is 22.4. The fourth-order valence-corrected chi connectivity index (χ4v) is 4.00. The molecule has 1 aliphatic heterocycles. The molecule has 162 valence electrons. The third-order valence-electron chi connectivity index (χ3n) is 5.42. The van der Waals surface area contributed by atoms with E-state index in [4.69, 9.17) is 21.1 Å². The molecule has 0 radical (unpaired) electrons. The van der Waals surface area contributed by atoms with Gasteiger partial charge in [0.1, 0.15) is 11.9 Å². The predicted octanol–water partition coefficient (Wildman–Crippen LogP) is 5.05. The first-order valence-electron chi connectivity index (χ1n) is 10.6. The minimum absolute atomic E-state index is 0.0402. The van der Waals surface area contributed by atoms with Gasteiger partial charge in [0.25, 0.3) is 0 Å². The van der Waals surface area contributed by atoms with E-state index < -0.39 is 0 Å². The maximum absolute atomic E-state index is 12.4. The van der Waals surface area contributed by atoms with Crippen LogP contribution in [-0.2, 0) is 11.3 Å². The van der Waals surface area contributed by atoms with Crippen LogP contribution in [0.1, 0.15) is 54.3 Å². The van der Waals surface area contributed by atoms with Crippen LogP contribution in [-0.4, -0.2) is 24.3 Å². The lowest BCUT2D eigenvalue weighted by Gasteiger charge is -2.25. The Morgan fingerprint density at radius 2 is 2.00 bits per heavy atom. The maximum atomic E-state index is 12.4. The van der Waals surface area contributed by atoms with E-state index in [0.29, 0.717) is 11.6 Å². The van der Waals surface area contributed by atoms with Gasteiger partial charge >= 0.3 is 0 Å². The maximum Gasteiger partial charge on any atom is 0.187 e. The van der Waals surface area contributed by atoms with Crippen LogP contribution in [0, 0.1) is 20.8 Å². The van der Waals surface area contributed by atoms with Gasteiger partial charge in [0.05, 0.1) is 13.2 Å². The van der Waals surface area contributed by atoms with Gasteiger partial charge < -0.3 is 19.8 Å². The topological polar surface area (TPSA) is 63.4 Å². The molecule has 0 aliphatic carbocycles. The Morgan fingerprint density at radius 3 is 2.67 bits per heavy atom. The Balaban J connectivity index is 1.87. The van der Waals surface area contributed by atoms with Crippen molar-refractivity contribution >= 4 is 17.3 Å². The average molecular weight is 431 g/mol. The molecule has 1 aliphatic rings. The Hall–Kier alpha value is -2.24. The van der Waals surface area contributed by atoms with Crippen LogP contribution < -0.4 is 15.5 Å². The molecule has 0 bridgehead atoms. The van der Waals surface area contributed by atoms with Crippen molar-refractivity contribution in [3.63, 3.8) is 0 Å². The van der Waals surface area contributed by atoms with Gasteiger partial charge in [-0.1, -0.05) is 24.6 Å². The number of hydrogen-bond acceptors (Lipinski definition) is 4. The lowest BCUT2D eigenvalue weighted by molar-refractivity contribution is 0.0253. The van der Waals surface area contributed by atoms with Crippen molar-refractivity contribution in [2.75, 3.05) is 13.2 Å². The SMILES string of the molecule is CC/C=C(\NCc1c(C)[nH]c(C)cc1=O)c1cc(Cl)cc(OC2CCOCC2)c1C. The smallest absolute Gasteiger partial charge is 0.187 e. The number of aromatic nitrogens is 1. The summed E-state index contributed by atoms with van der Waals surface area (Å²) in [6, 6.07) is 5.47. The number of benzene rings is 1. The van der Waals surface area contributed by atoms with Crippen LogP contribution in [0.4, 0.5) is 0 Å². The van der Waals surface area contributed by atoms with Gasteiger partial charge in [-0.3, -0.25) is 4.79 Å². The molecule has 3 rings (SSSR count). The highest BCUT2D eigenvalue weighted by Gasteiger charge is 2.19. The molecular weight excluding hydrogens is 400 g/mol. The summed E-state index contributed by atoms with van der Waals surface area (Å²) < 4.78 is 11.7. The summed E-state index contributed by atoms with van der Waals surface area (Å²) in [6.45, 7) is 9.85. The standard InChI is InChI=1S/C24H31ClN2O3/c1-5-6-22(26-14-21-17(4)27-15(2)11-23(21)28)20-12-18(25)13-24(16(20)3)30-19-7-9-29-10-8-19/h6,11-13,19,26H,5,7-10,14H2,1-4H3,(H,27,28)/b22-6-. The Morgan fingerprint density at radius 1 is 1.27 bits per heavy atom. The van der Waals surface area contributed by atoms with Gasteiger partial charge in [-0.25, -0.2) is 0 Å². The van der Waals surface area contributed by atoms with Crippen LogP contribution in [0.3, 0.4) is 0 Å². The number of H-pyrrole nitrogens is 1. The first-order valence-corrected chi connectivity index (χ1v) is 10.9. The molecule has 1 aromatic carbocycles. The number of aryl methyl sites for hydroxylation is 2. The lowest BCUT2D eigenvalue weighted by Crippen LogP contribution is -2.26. The van der Waals surface area contributed by atoms with Crippen molar-refractivity contribution in [3.05, 3.63) is 67.6 Å². The van der Waals surface area contributed by atoms with Gasteiger partial charge in [0.2, 0.25) is 0 Å². The quantitative estimate of drug-likeness (QED) is 0.645. The van der Waals surface area contributed by atoms with Crippen LogP contribution in [0.25, 0.3) is 5.70 Å². The third-order valence-corrected chi connectivity index (χ3v) is 5.64. The molecule has 1 saturated heterocycles. The number of allylic oxidation sites excluding steroid dienone is 1. The lowest BCUT2D eigenvalue weighted by atomic mass is 10.0. The molecule has 0 amide bonds. The van der Waals surface area contributed by atoms with Crippen molar-refractivity contribution in [2.24, 2.45) is 0 Å². The Kier molecular flexibility index (Phi) is 7.62. The second kappa shape index (κ2) is 10.2. The van der Waals surface area contributed by atoms with Gasteiger partial charge in [-0.2, -0.15) is 0 Å². The fourth-order valence-electron chi connectivity index (χ4n) is 3.79. The fraction of sp³-hybridized carbons (Fsp3) is 0.458. The predicted molar refractivity (Wildman–Crippen MR) is 122 cm³/mol. The molecular formula is C24H31ClN2O3. The van der Waals surface area contributed by atoms with Crippen molar-refractivity contribution in [1.82, 2.24) is 10.3 Å². The first-order chi connectivity index (χ1) is 14.4. The van der Waals surface area contributed by atoms with E-state index in [1.807, 2.05) is 26.0 Å². The van der Waals surface area contributed by atoms with Crippen LogP contribution in [0.15, 0.2) is 29.1 Å². The highest BCUT2D eigenvalue weighted by atomic mass is 35.5. The molecule has 5 nitrogen and oxygen atoms in total. The summed E-state index contributed by atoms with van der Waals surface area (Å²) in [5.41, 5.74) is 5.51. The zero-order chi connectivity index (χ0) is 21.7. The monoisotopic (exact) mass is 430 g/mol. The molecule has 0 spiro atoms. The Bertz CT molecular complexity index is 975. The molecule has 2 aromatic rings. The summed E-state index contributed by atoms with van der Waals surface area (Å²) in [5.74, 6) is 0.803. The van der Waals surface area contributed by atoms with Crippen LogP contribution >= 0.6 is 11.6 Å². The normalized spacial score (nSPS) is 15.3. The van der Waals surface area contributed by atoms with Gasteiger partial charge in [-0.05, 0) is 39.3 Å². The van der Waals surface area contributed by atoms with E-state index in [2.05, 4.69) is 30.2 Å². The van der Waals surface area contributed by atoms with Crippen molar-refractivity contribution in [1.29, 1.82) is 0 Å². The van der Waals surface area contributed by atoms with Gasteiger partial charge in [0, 0.05) is 64.3 Å². The van der Waals surface area contributed by atoms with E-state index in [1.165, 1.54) is 0 Å².